The first-order valence-electron chi connectivity index (χ1n) is 8.28. The zero-order valence-corrected chi connectivity index (χ0v) is 16.7. The fourth-order valence-electron chi connectivity index (χ4n) is 2.70. The fraction of sp³-hybridized carbons (Fsp3) is 0.278. The van der Waals surface area contributed by atoms with Gasteiger partial charge in [-0.25, -0.2) is 12.8 Å². The van der Waals surface area contributed by atoms with E-state index < -0.39 is 20.7 Å². The van der Waals surface area contributed by atoms with Crippen LogP contribution in [0.3, 0.4) is 0 Å². The number of halogens is 2. The van der Waals surface area contributed by atoms with E-state index in [1.807, 2.05) is 24.3 Å². The maximum Gasteiger partial charge on any atom is 0.246 e. The van der Waals surface area contributed by atoms with Crippen LogP contribution in [0.25, 0.3) is 0 Å². The quantitative estimate of drug-likeness (QED) is 0.750. The summed E-state index contributed by atoms with van der Waals surface area (Å²) in [4.78, 5) is 11.8. The SMILES string of the molecule is O=C(Cc1ccc(Br)cc1)Nc1ccc(F)c(S(=O)(=O)N2CCOCC2)c1. The minimum Gasteiger partial charge on any atom is -0.379 e. The predicted octanol–water partition coefficient (Wildman–Crippen LogP) is 2.79. The number of hydrogen-bond donors (Lipinski definition) is 1. The molecule has 1 N–H and O–H groups in total. The van der Waals surface area contributed by atoms with Gasteiger partial charge in [-0.3, -0.25) is 4.79 Å². The van der Waals surface area contributed by atoms with Gasteiger partial charge in [0.05, 0.1) is 19.6 Å². The van der Waals surface area contributed by atoms with Gasteiger partial charge in [-0.2, -0.15) is 4.31 Å². The Balaban J connectivity index is 1.76. The molecule has 0 saturated carbocycles. The zero-order chi connectivity index (χ0) is 19.4. The molecule has 2 aromatic carbocycles. The normalized spacial score (nSPS) is 15.5. The third-order valence-corrected chi connectivity index (χ3v) is 6.52. The Bertz CT molecular complexity index is 929. The molecule has 0 atom stereocenters. The number of anilines is 1. The van der Waals surface area contributed by atoms with Crippen LogP contribution in [0, 0.1) is 5.82 Å². The number of sulfonamides is 1. The highest BCUT2D eigenvalue weighted by Crippen LogP contribution is 2.24. The van der Waals surface area contributed by atoms with Crippen molar-refractivity contribution in [3.05, 3.63) is 58.3 Å². The van der Waals surface area contributed by atoms with E-state index in [9.17, 15) is 17.6 Å². The molecule has 0 unspecified atom stereocenters. The van der Waals surface area contributed by atoms with Gasteiger partial charge in [-0.1, -0.05) is 28.1 Å². The molecule has 9 heteroatoms. The average molecular weight is 457 g/mol. The highest BCUT2D eigenvalue weighted by molar-refractivity contribution is 9.10. The van der Waals surface area contributed by atoms with Gasteiger partial charge in [0.1, 0.15) is 10.7 Å². The van der Waals surface area contributed by atoms with Crippen LogP contribution in [0.1, 0.15) is 5.56 Å². The van der Waals surface area contributed by atoms with Gasteiger partial charge in [0.25, 0.3) is 0 Å². The summed E-state index contributed by atoms with van der Waals surface area (Å²) in [5, 5.41) is 2.62. The van der Waals surface area contributed by atoms with E-state index in [1.54, 1.807) is 0 Å². The second kappa shape index (κ2) is 8.47. The van der Waals surface area contributed by atoms with Crippen molar-refractivity contribution < 1.29 is 22.3 Å². The number of nitrogens with zero attached hydrogens (tertiary/aromatic N) is 1. The maximum absolute atomic E-state index is 14.2. The molecule has 6 nitrogen and oxygen atoms in total. The Morgan fingerprint density at radius 3 is 2.48 bits per heavy atom. The summed E-state index contributed by atoms with van der Waals surface area (Å²) in [7, 11) is -3.99. The van der Waals surface area contributed by atoms with Crippen molar-refractivity contribution in [1.82, 2.24) is 4.31 Å². The number of carbonyl (C=O) groups is 1. The minimum absolute atomic E-state index is 0.121. The summed E-state index contributed by atoms with van der Waals surface area (Å²) in [5.74, 6) is -1.17. The number of benzene rings is 2. The Morgan fingerprint density at radius 2 is 1.81 bits per heavy atom. The average Bonchev–Trinajstić information content (AvgIpc) is 2.66. The van der Waals surface area contributed by atoms with Gasteiger partial charge < -0.3 is 10.1 Å². The summed E-state index contributed by atoms with van der Waals surface area (Å²) in [6.07, 6.45) is 0.121. The van der Waals surface area contributed by atoms with E-state index in [0.29, 0.717) is 0 Å². The molecule has 1 aliphatic rings. The highest BCUT2D eigenvalue weighted by atomic mass is 79.9. The lowest BCUT2D eigenvalue weighted by Gasteiger charge is -2.26. The maximum atomic E-state index is 14.2. The number of ether oxygens (including phenoxy) is 1. The monoisotopic (exact) mass is 456 g/mol. The van der Waals surface area contributed by atoms with Gasteiger partial charge in [0, 0.05) is 23.2 Å². The Kier molecular flexibility index (Phi) is 6.25. The van der Waals surface area contributed by atoms with Crippen LogP contribution in [-0.2, 0) is 26.0 Å². The van der Waals surface area contributed by atoms with Crippen LogP contribution in [0.2, 0.25) is 0 Å². The molecule has 1 heterocycles. The molecule has 1 saturated heterocycles. The zero-order valence-electron chi connectivity index (χ0n) is 14.3. The van der Waals surface area contributed by atoms with Crippen molar-refractivity contribution in [2.75, 3.05) is 31.6 Å². The fourth-order valence-corrected chi connectivity index (χ4v) is 4.46. The van der Waals surface area contributed by atoms with Crippen molar-refractivity contribution in [1.29, 1.82) is 0 Å². The van der Waals surface area contributed by atoms with E-state index in [2.05, 4.69) is 21.2 Å². The van der Waals surface area contributed by atoms with Crippen LogP contribution in [0.5, 0.6) is 0 Å². The van der Waals surface area contributed by atoms with E-state index in [-0.39, 0.29) is 44.3 Å². The van der Waals surface area contributed by atoms with Crippen molar-refractivity contribution in [3.63, 3.8) is 0 Å². The van der Waals surface area contributed by atoms with Crippen molar-refractivity contribution >= 4 is 37.5 Å². The van der Waals surface area contributed by atoms with Gasteiger partial charge >= 0.3 is 0 Å². The molecule has 0 aromatic heterocycles. The number of rotatable bonds is 5. The first kappa shape index (κ1) is 19.9. The van der Waals surface area contributed by atoms with Crippen LogP contribution < -0.4 is 5.32 Å². The third kappa shape index (κ3) is 4.92. The lowest BCUT2D eigenvalue weighted by atomic mass is 10.1. The molecular formula is C18H18BrFN2O4S. The topological polar surface area (TPSA) is 75.7 Å². The van der Waals surface area contributed by atoms with Gasteiger partial charge in [-0.05, 0) is 35.9 Å². The first-order valence-corrected chi connectivity index (χ1v) is 10.5. The van der Waals surface area contributed by atoms with Gasteiger partial charge in [0.2, 0.25) is 15.9 Å². The minimum atomic E-state index is -3.99. The first-order chi connectivity index (χ1) is 12.9. The van der Waals surface area contributed by atoms with Gasteiger partial charge in [0.15, 0.2) is 0 Å². The Labute approximate surface area is 165 Å². The van der Waals surface area contributed by atoms with Crippen molar-refractivity contribution in [2.24, 2.45) is 0 Å². The molecule has 144 valence electrons. The summed E-state index contributed by atoms with van der Waals surface area (Å²) >= 11 is 3.33. The lowest BCUT2D eigenvalue weighted by molar-refractivity contribution is -0.115. The van der Waals surface area contributed by atoms with Crippen molar-refractivity contribution in [2.45, 2.75) is 11.3 Å². The van der Waals surface area contributed by atoms with Gasteiger partial charge in [-0.15, -0.1) is 0 Å². The largest absolute Gasteiger partial charge is 0.379 e. The van der Waals surface area contributed by atoms with Crippen molar-refractivity contribution in [3.8, 4) is 0 Å². The molecular weight excluding hydrogens is 439 g/mol. The molecule has 27 heavy (non-hydrogen) atoms. The molecule has 0 radical (unpaired) electrons. The highest BCUT2D eigenvalue weighted by Gasteiger charge is 2.29. The van der Waals surface area contributed by atoms with Crippen LogP contribution in [-0.4, -0.2) is 44.9 Å². The van der Waals surface area contributed by atoms with E-state index in [1.165, 1.54) is 10.4 Å². The number of carbonyl (C=O) groups excluding carboxylic acids is 1. The molecule has 1 fully saturated rings. The molecule has 0 spiro atoms. The van der Waals surface area contributed by atoms with Crippen LogP contribution in [0.15, 0.2) is 51.8 Å². The predicted molar refractivity (Wildman–Crippen MR) is 102 cm³/mol. The molecule has 0 aliphatic carbocycles. The second-order valence-corrected chi connectivity index (χ2v) is 8.84. The molecule has 2 aromatic rings. The van der Waals surface area contributed by atoms with E-state index in [4.69, 9.17) is 4.74 Å². The number of nitrogens with one attached hydrogen (secondary N) is 1. The number of amides is 1. The summed E-state index contributed by atoms with van der Waals surface area (Å²) in [5.41, 5.74) is 1.03. The van der Waals surface area contributed by atoms with E-state index >= 15 is 0 Å². The molecule has 3 rings (SSSR count). The standard InChI is InChI=1S/C18H18BrFN2O4S/c19-14-3-1-13(2-4-14)11-18(23)21-15-5-6-16(20)17(12-15)27(24,25)22-7-9-26-10-8-22/h1-6,12H,7-11H2,(H,21,23). The summed E-state index contributed by atoms with van der Waals surface area (Å²) in [6.45, 7) is 0.874. The molecule has 1 aliphatic heterocycles. The Hall–Kier alpha value is -1.81. The smallest absolute Gasteiger partial charge is 0.246 e. The summed E-state index contributed by atoms with van der Waals surface area (Å²) in [6, 6.07) is 10.8. The lowest BCUT2D eigenvalue weighted by Crippen LogP contribution is -2.40. The van der Waals surface area contributed by atoms with Crippen LogP contribution in [0.4, 0.5) is 10.1 Å². The van der Waals surface area contributed by atoms with E-state index in [0.717, 1.165) is 22.2 Å². The third-order valence-electron chi connectivity index (χ3n) is 4.08. The number of hydrogen-bond acceptors (Lipinski definition) is 4. The Morgan fingerprint density at radius 1 is 1.15 bits per heavy atom. The molecule has 0 bridgehead atoms. The number of morpholine rings is 1. The second-order valence-electron chi connectivity index (χ2n) is 6.01. The van der Waals surface area contributed by atoms with Crippen LogP contribution >= 0.6 is 15.9 Å². The summed E-state index contributed by atoms with van der Waals surface area (Å²) < 4.78 is 46.8. The molecule has 1 amide bonds.